The van der Waals surface area contributed by atoms with E-state index in [9.17, 15) is 0 Å². The average molecular weight is 314 g/mol. The number of ether oxygens (including phenoxy) is 2. The van der Waals surface area contributed by atoms with Crippen LogP contribution >= 0.6 is 15.9 Å². The molecule has 1 aromatic rings. The number of benzene rings is 1. The van der Waals surface area contributed by atoms with E-state index in [1.807, 2.05) is 39.0 Å². The Morgan fingerprint density at radius 2 is 2.06 bits per heavy atom. The molecule has 1 aromatic carbocycles. The Morgan fingerprint density at radius 3 is 2.61 bits per heavy atom. The van der Waals surface area contributed by atoms with Gasteiger partial charge in [0.1, 0.15) is 6.61 Å². The second kappa shape index (κ2) is 7.44. The smallest absolute Gasteiger partial charge is 0.175 e. The van der Waals surface area contributed by atoms with Crippen LogP contribution in [0.25, 0.3) is 0 Å². The average Bonchev–Trinajstić information content (AvgIpc) is 2.32. The molecule has 0 aromatic heterocycles. The highest BCUT2D eigenvalue weighted by Gasteiger charge is 2.11. The van der Waals surface area contributed by atoms with Gasteiger partial charge in [-0.1, -0.05) is 5.57 Å². The van der Waals surface area contributed by atoms with Gasteiger partial charge in [-0.2, -0.15) is 0 Å². The zero-order chi connectivity index (χ0) is 13.5. The first kappa shape index (κ1) is 15.1. The minimum atomic E-state index is 0.479. The number of hydrogen-bond acceptors (Lipinski definition) is 3. The Morgan fingerprint density at radius 1 is 1.33 bits per heavy atom. The quantitative estimate of drug-likeness (QED) is 0.815. The molecule has 1 rings (SSSR count). The molecule has 4 heteroatoms. The Hall–Kier alpha value is -1.00. The predicted molar refractivity (Wildman–Crippen MR) is 78.1 cm³/mol. The van der Waals surface area contributed by atoms with Crippen molar-refractivity contribution in [2.45, 2.75) is 27.3 Å². The lowest BCUT2D eigenvalue weighted by molar-refractivity contribution is 0.295. The zero-order valence-corrected chi connectivity index (χ0v) is 12.7. The van der Waals surface area contributed by atoms with Gasteiger partial charge >= 0.3 is 0 Å². The highest BCUT2D eigenvalue weighted by molar-refractivity contribution is 9.10. The maximum atomic E-state index is 5.74. The first-order valence-electron chi connectivity index (χ1n) is 6.00. The van der Waals surface area contributed by atoms with Crippen molar-refractivity contribution in [2.75, 3.05) is 13.2 Å². The maximum Gasteiger partial charge on any atom is 0.175 e. The molecule has 0 saturated carbocycles. The van der Waals surface area contributed by atoms with Crippen molar-refractivity contribution in [3.63, 3.8) is 0 Å². The second-order valence-electron chi connectivity index (χ2n) is 4.13. The van der Waals surface area contributed by atoms with Gasteiger partial charge < -0.3 is 15.2 Å². The lowest BCUT2D eigenvalue weighted by atomic mass is 10.2. The molecule has 18 heavy (non-hydrogen) atoms. The van der Waals surface area contributed by atoms with Crippen LogP contribution in [0.15, 0.2) is 28.3 Å². The summed E-state index contributed by atoms with van der Waals surface area (Å²) in [6.07, 6.45) is 2.03. The van der Waals surface area contributed by atoms with Gasteiger partial charge in [-0.15, -0.1) is 0 Å². The second-order valence-corrected chi connectivity index (χ2v) is 4.99. The third kappa shape index (κ3) is 4.35. The SMILES string of the molecule is CCOc1cc(CN)cc(Br)c1OCC=C(C)C. The van der Waals surface area contributed by atoms with Crippen LogP contribution in [0, 0.1) is 0 Å². The summed E-state index contributed by atoms with van der Waals surface area (Å²) in [5.74, 6) is 1.46. The van der Waals surface area contributed by atoms with Crippen molar-refractivity contribution in [3.8, 4) is 11.5 Å². The van der Waals surface area contributed by atoms with Crippen LogP contribution in [0.2, 0.25) is 0 Å². The molecular weight excluding hydrogens is 294 g/mol. The molecule has 0 amide bonds. The van der Waals surface area contributed by atoms with Crippen LogP contribution in [-0.4, -0.2) is 13.2 Å². The van der Waals surface area contributed by atoms with E-state index in [0.717, 1.165) is 21.5 Å². The third-order valence-electron chi connectivity index (χ3n) is 2.32. The summed E-state index contributed by atoms with van der Waals surface area (Å²) in [6.45, 7) is 7.64. The van der Waals surface area contributed by atoms with Gasteiger partial charge in [0.15, 0.2) is 11.5 Å². The van der Waals surface area contributed by atoms with Gasteiger partial charge in [-0.05, 0) is 60.5 Å². The van der Waals surface area contributed by atoms with Gasteiger partial charge in [-0.3, -0.25) is 0 Å². The summed E-state index contributed by atoms with van der Waals surface area (Å²) in [5.41, 5.74) is 7.89. The number of halogens is 1. The largest absolute Gasteiger partial charge is 0.490 e. The Balaban J connectivity index is 2.96. The molecule has 0 aliphatic rings. The minimum absolute atomic E-state index is 0.479. The summed E-state index contributed by atoms with van der Waals surface area (Å²) >= 11 is 3.49. The molecule has 0 unspecified atom stereocenters. The summed E-state index contributed by atoms with van der Waals surface area (Å²) in [7, 11) is 0. The van der Waals surface area contributed by atoms with Crippen molar-refractivity contribution in [1.29, 1.82) is 0 Å². The maximum absolute atomic E-state index is 5.74. The molecule has 0 saturated heterocycles. The van der Waals surface area contributed by atoms with Gasteiger partial charge in [-0.25, -0.2) is 0 Å². The Kier molecular flexibility index (Phi) is 6.22. The van der Waals surface area contributed by atoms with Crippen LogP contribution in [0.5, 0.6) is 11.5 Å². The third-order valence-corrected chi connectivity index (χ3v) is 2.91. The molecule has 0 aliphatic carbocycles. The van der Waals surface area contributed by atoms with Gasteiger partial charge in [0, 0.05) is 6.54 Å². The Bertz CT molecular complexity index is 426. The van der Waals surface area contributed by atoms with E-state index < -0.39 is 0 Å². The number of rotatable bonds is 6. The number of allylic oxidation sites excluding steroid dienone is 1. The highest BCUT2D eigenvalue weighted by atomic mass is 79.9. The molecule has 2 N–H and O–H groups in total. The summed E-state index contributed by atoms with van der Waals surface area (Å²) in [4.78, 5) is 0. The monoisotopic (exact) mass is 313 g/mol. The fourth-order valence-electron chi connectivity index (χ4n) is 1.43. The lowest BCUT2D eigenvalue weighted by Crippen LogP contribution is -2.03. The van der Waals surface area contributed by atoms with E-state index in [2.05, 4.69) is 15.9 Å². The Labute approximate surface area is 117 Å². The molecular formula is C14H20BrNO2. The van der Waals surface area contributed by atoms with Crippen LogP contribution in [0.1, 0.15) is 26.3 Å². The predicted octanol–water partition coefficient (Wildman–Crippen LogP) is 3.65. The molecule has 0 spiro atoms. The van der Waals surface area contributed by atoms with Gasteiger partial charge in [0.25, 0.3) is 0 Å². The molecule has 0 bridgehead atoms. The van der Waals surface area contributed by atoms with Crippen molar-refractivity contribution in [3.05, 3.63) is 33.8 Å². The molecule has 0 aliphatic heterocycles. The zero-order valence-electron chi connectivity index (χ0n) is 11.1. The van der Waals surface area contributed by atoms with E-state index in [1.165, 1.54) is 5.57 Å². The van der Waals surface area contributed by atoms with Crippen LogP contribution in [0.4, 0.5) is 0 Å². The molecule has 0 fully saturated rings. The van der Waals surface area contributed by atoms with Crippen molar-refractivity contribution < 1.29 is 9.47 Å². The highest BCUT2D eigenvalue weighted by Crippen LogP contribution is 2.36. The van der Waals surface area contributed by atoms with Crippen molar-refractivity contribution >= 4 is 15.9 Å². The molecule has 100 valence electrons. The van der Waals surface area contributed by atoms with Crippen LogP contribution in [-0.2, 0) is 6.54 Å². The standard InChI is InChI=1S/C14H20BrNO2/c1-4-17-13-8-11(9-16)7-12(15)14(13)18-6-5-10(2)3/h5,7-8H,4,6,9,16H2,1-3H3. The number of nitrogens with two attached hydrogens (primary N) is 1. The lowest BCUT2D eigenvalue weighted by Gasteiger charge is -2.14. The first-order chi connectivity index (χ1) is 8.58. The normalized spacial score (nSPS) is 10.1. The molecule has 3 nitrogen and oxygen atoms in total. The summed E-state index contributed by atoms with van der Waals surface area (Å²) in [5, 5.41) is 0. The van der Waals surface area contributed by atoms with E-state index in [4.69, 9.17) is 15.2 Å². The van der Waals surface area contributed by atoms with E-state index in [-0.39, 0.29) is 0 Å². The van der Waals surface area contributed by atoms with E-state index >= 15 is 0 Å². The number of hydrogen-bond donors (Lipinski definition) is 1. The van der Waals surface area contributed by atoms with E-state index in [0.29, 0.717) is 19.8 Å². The molecule has 0 radical (unpaired) electrons. The molecule has 0 atom stereocenters. The molecule has 0 heterocycles. The topological polar surface area (TPSA) is 44.5 Å². The van der Waals surface area contributed by atoms with Crippen molar-refractivity contribution in [2.24, 2.45) is 5.73 Å². The summed E-state index contributed by atoms with van der Waals surface area (Å²) < 4.78 is 12.2. The van der Waals surface area contributed by atoms with Gasteiger partial charge in [0.2, 0.25) is 0 Å². The van der Waals surface area contributed by atoms with Crippen molar-refractivity contribution in [1.82, 2.24) is 0 Å². The first-order valence-corrected chi connectivity index (χ1v) is 6.79. The fraction of sp³-hybridized carbons (Fsp3) is 0.429. The fourth-order valence-corrected chi connectivity index (χ4v) is 2.04. The minimum Gasteiger partial charge on any atom is -0.490 e. The van der Waals surface area contributed by atoms with Crippen LogP contribution in [0.3, 0.4) is 0 Å². The summed E-state index contributed by atoms with van der Waals surface area (Å²) in [6, 6.07) is 3.88. The van der Waals surface area contributed by atoms with E-state index in [1.54, 1.807) is 0 Å². The van der Waals surface area contributed by atoms with Gasteiger partial charge in [0.05, 0.1) is 11.1 Å². The van der Waals surface area contributed by atoms with Crippen LogP contribution < -0.4 is 15.2 Å².